The van der Waals surface area contributed by atoms with E-state index in [9.17, 15) is 17.6 Å². The van der Waals surface area contributed by atoms with Crippen molar-refractivity contribution in [2.45, 2.75) is 44.6 Å². The summed E-state index contributed by atoms with van der Waals surface area (Å²) in [4.78, 5) is 18.7. The van der Waals surface area contributed by atoms with Gasteiger partial charge in [-0.05, 0) is 70.1 Å². The topological polar surface area (TPSA) is 94.6 Å². The van der Waals surface area contributed by atoms with Gasteiger partial charge >= 0.3 is 6.03 Å². The average molecular weight is 478 g/mol. The van der Waals surface area contributed by atoms with Crippen LogP contribution in [0.5, 0.6) is 0 Å². The molecule has 1 aromatic carbocycles. The zero-order valence-corrected chi connectivity index (χ0v) is 20.2. The molecule has 1 aromatic heterocycles. The van der Waals surface area contributed by atoms with Gasteiger partial charge in [0.15, 0.2) is 0 Å². The number of benzene rings is 1. The van der Waals surface area contributed by atoms with E-state index in [2.05, 4.69) is 20.5 Å². The number of nitrogens with zero attached hydrogens (tertiary/aromatic N) is 3. The van der Waals surface area contributed by atoms with E-state index in [0.717, 1.165) is 30.5 Å². The molecule has 8 nitrogen and oxygen atoms in total. The number of aryl methyl sites for hydroxylation is 2. The van der Waals surface area contributed by atoms with E-state index in [1.807, 2.05) is 26.0 Å². The molecule has 180 valence electrons. The Kier molecular flexibility index (Phi) is 8.39. The largest absolute Gasteiger partial charge is 0.337 e. The molecule has 3 rings (SSSR count). The molecule has 33 heavy (non-hydrogen) atoms. The van der Waals surface area contributed by atoms with Crippen molar-refractivity contribution in [2.24, 2.45) is 0 Å². The first kappa shape index (κ1) is 25.1. The Labute approximate surface area is 195 Å². The Morgan fingerprint density at radius 1 is 1.18 bits per heavy atom. The van der Waals surface area contributed by atoms with Gasteiger partial charge in [0.25, 0.3) is 0 Å². The van der Waals surface area contributed by atoms with Crippen molar-refractivity contribution < 1.29 is 17.6 Å². The molecule has 0 unspecified atom stereocenters. The number of carbonyl (C=O) groups is 1. The molecule has 2 N–H and O–H groups in total. The second-order valence-electron chi connectivity index (χ2n) is 8.26. The van der Waals surface area contributed by atoms with Crippen molar-refractivity contribution in [3.05, 3.63) is 53.6 Å². The molecule has 1 aliphatic heterocycles. The summed E-state index contributed by atoms with van der Waals surface area (Å²) in [6, 6.07) is 8.38. The highest BCUT2D eigenvalue weighted by atomic mass is 32.2. The van der Waals surface area contributed by atoms with E-state index in [1.54, 1.807) is 6.92 Å². The number of urea groups is 1. The zero-order chi connectivity index (χ0) is 24.0. The molecular formula is C23H32FN5O3S. The molecule has 1 saturated heterocycles. The molecule has 10 heteroatoms. The fourth-order valence-corrected chi connectivity index (χ4v) is 5.95. The van der Waals surface area contributed by atoms with Gasteiger partial charge in [-0.3, -0.25) is 4.98 Å². The van der Waals surface area contributed by atoms with Crippen LogP contribution in [0.25, 0.3) is 0 Å². The van der Waals surface area contributed by atoms with Gasteiger partial charge in [-0.1, -0.05) is 13.0 Å². The number of carbonyl (C=O) groups excluding carboxylic acids is 1. The lowest BCUT2D eigenvalue weighted by Crippen LogP contribution is -2.48. The molecule has 2 heterocycles. The molecule has 0 aliphatic carbocycles. The quantitative estimate of drug-likeness (QED) is 0.609. The third kappa shape index (κ3) is 6.72. The lowest BCUT2D eigenvalue weighted by molar-refractivity contribution is 0.162. The van der Waals surface area contributed by atoms with Gasteiger partial charge in [0.1, 0.15) is 5.82 Å². The van der Waals surface area contributed by atoms with Crippen molar-refractivity contribution in [2.75, 3.05) is 38.0 Å². The van der Waals surface area contributed by atoms with Gasteiger partial charge in [-0.25, -0.2) is 17.6 Å². The highest BCUT2D eigenvalue weighted by Gasteiger charge is 2.32. The molecule has 0 saturated carbocycles. The van der Waals surface area contributed by atoms with E-state index >= 15 is 0 Å². The number of sulfonamides is 1. The van der Waals surface area contributed by atoms with Crippen LogP contribution in [0.1, 0.15) is 31.2 Å². The molecule has 1 aliphatic rings. The minimum absolute atomic E-state index is 0.0124. The maximum atomic E-state index is 13.6. The molecule has 2 amide bonds. The zero-order valence-electron chi connectivity index (χ0n) is 19.3. The van der Waals surface area contributed by atoms with Crippen molar-refractivity contribution in [3.8, 4) is 0 Å². The minimum Gasteiger partial charge on any atom is -0.337 e. The van der Waals surface area contributed by atoms with Gasteiger partial charge in [-0.15, -0.1) is 0 Å². The molecule has 0 radical (unpaired) electrons. The Morgan fingerprint density at radius 2 is 1.85 bits per heavy atom. The Balaban J connectivity index is 1.46. The Bertz CT molecular complexity index is 1050. The van der Waals surface area contributed by atoms with Gasteiger partial charge in [0.2, 0.25) is 10.0 Å². The summed E-state index contributed by atoms with van der Waals surface area (Å²) in [7, 11) is -3.75. The van der Waals surface area contributed by atoms with E-state index in [-0.39, 0.29) is 17.0 Å². The minimum atomic E-state index is -3.75. The van der Waals surface area contributed by atoms with E-state index in [0.29, 0.717) is 38.2 Å². The summed E-state index contributed by atoms with van der Waals surface area (Å²) in [6.07, 6.45) is 1.37. The summed E-state index contributed by atoms with van der Waals surface area (Å²) in [5, 5.41) is 5.68. The van der Waals surface area contributed by atoms with Crippen molar-refractivity contribution >= 4 is 21.7 Å². The first-order chi connectivity index (χ1) is 15.7. The third-order valence-corrected chi connectivity index (χ3v) is 7.76. The normalized spacial score (nSPS) is 15.5. The molecule has 0 spiro atoms. The standard InChI is InChI=1S/C23H32FN5O3S/c1-4-29(33(31,32)22-7-5-6-19(24)16-22)21-8-11-28(12-9-21)13-10-25-23(30)27-20-14-17(2)26-18(3)15-20/h5-7,14-16,21H,4,8-13H2,1-3H3,(H2,25,26,27,30). The van der Waals surface area contributed by atoms with Crippen molar-refractivity contribution in [1.82, 2.24) is 19.5 Å². The van der Waals surface area contributed by atoms with Gasteiger partial charge in [0, 0.05) is 42.8 Å². The lowest BCUT2D eigenvalue weighted by Gasteiger charge is -2.37. The Hall–Kier alpha value is -2.56. The van der Waals surface area contributed by atoms with Crippen LogP contribution in [0.2, 0.25) is 0 Å². The third-order valence-electron chi connectivity index (χ3n) is 5.73. The molecule has 2 aromatic rings. The fourth-order valence-electron chi connectivity index (χ4n) is 4.23. The number of hydrogen-bond donors (Lipinski definition) is 2. The van der Waals surface area contributed by atoms with Crippen molar-refractivity contribution in [3.63, 3.8) is 0 Å². The average Bonchev–Trinajstić information content (AvgIpc) is 2.74. The van der Waals surface area contributed by atoms with Crippen LogP contribution >= 0.6 is 0 Å². The van der Waals surface area contributed by atoms with E-state index in [4.69, 9.17) is 0 Å². The number of nitrogens with one attached hydrogen (secondary N) is 2. The van der Waals surface area contributed by atoms with Crippen LogP contribution in [-0.2, 0) is 10.0 Å². The number of likely N-dealkylation sites (tertiary alicyclic amines) is 1. The molecule has 0 atom stereocenters. The van der Waals surface area contributed by atoms with Crippen LogP contribution in [0.4, 0.5) is 14.9 Å². The first-order valence-electron chi connectivity index (χ1n) is 11.2. The summed E-state index contributed by atoms with van der Waals surface area (Å²) >= 11 is 0. The van der Waals surface area contributed by atoms with Crippen LogP contribution in [0, 0.1) is 19.7 Å². The number of piperidine rings is 1. The number of hydrogen-bond acceptors (Lipinski definition) is 5. The molecule has 0 bridgehead atoms. The number of halogens is 1. The highest BCUT2D eigenvalue weighted by molar-refractivity contribution is 7.89. The second-order valence-corrected chi connectivity index (χ2v) is 10.1. The summed E-state index contributed by atoms with van der Waals surface area (Å²) in [5.74, 6) is -0.562. The summed E-state index contributed by atoms with van der Waals surface area (Å²) < 4.78 is 41.1. The monoisotopic (exact) mass is 477 g/mol. The smallest absolute Gasteiger partial charge is 0.319 e. The van der Waals surface area contributed by atoms with Crippen LogP contribution in [-0.4, -0.2) is 67.4 Å². The predicted molar refractivity (Wildman–Crippen MR) is 126 cm³/mol. The Morgan fingerprint density at radius 3 is 2.45 bits per heavy atom. The first-order valence-corrected chi connectivity index (χ1v) is 12.6. The second kappa shape index (κ2) is 11.0. The van der Waals surface area contributed by atoms with Gasteiger partial charge < -0.3 is 15.5 Å². The SMILES string of the molecule is CCN(C1CCN(CCNC(=O)Nc2cc(C)nc(C)c2)CC1)S(=O)(=O)c1cccc(F)c1. The summed E-state index contributed by atoms with van der Waals surface area (Å²) in [6.45, 7) is 8.51. The number of aromatic nitrogens is 1. The maximum absolute atomic E-state index is 13.6. The van der Waals surface area contributed by atoms with Crippen LogP contribution < -0.4 is 10.6 Å². The molecular weight excluding hydrogens is 445 g/mol. The van der Waals surface area contributed by atoms with E-state index < -0.39 is 15.8 Å². The fraction of sp³-hybridized carbons (Fsp3) is 0.478. The molecule has 1 fully saturated rings. The highest BCUT2D eigenvalue weighted by Crippen LogP contribution is 2.24. The maximum Gasteiger partial charge on any atom is 0.319 e. The summed E-state index contributed by atoms with van der Waals surface area (Å²) in [5.41, 5.74) is 2.39. The van der Waals surface area contributed by atoms with E-state index in [1.165, 1.54) is 22.5 Å². The number of amides is 2. The van der Waals surface area contributed by atoms with Crippen LogP contribution in [0.3, 0.4) is 0 Å². The lowest BCUT2D eigenvalue weighted by atomic mass is 10.1. The van der Waals surface area contributed by atoms with Gasteiger partial charge in [0.05, 0.1) is 4.90 Å². The number of rotatable bonds is 8. The van der Waals surface area contributed by atoms with Crippen LogP contribution in [0.15, 0.2) is 41.3 Å². The number of anilines is 1. The van der Waals surface area contributed by atoms with Crippen molar-refractivity contribution in [1.29, 1.82) is 0 Å². The predicted octanol–water partition coefficient (Wildman–Crippen LogP) is 3.13. The van der Waals surface area contributed by atoms with Gasteiger partial charge in [-0.2, -0.15) is 4.31 Å². The number of pyridine rings is 1.